The zero-order valence-corrected chi connectivity index (χ0v) is 13.6. The quantitative estimate of drug-likeness (QED) is 0.622. The summed E-state index contributed by atoms with van der Waals surface area (Å²) in [5, 5.41) is 4.81. The maximum atomic E-state index is 12.4. The van der Waals surface area contributed by atoms with Gasteiger partial charge in [-0.1, -0.05) is 11.6 Å². The minimum Gasteiger partial charge on any atom is -0.465 e. The molecule has 0 bridgehead atoms. The highest BCUT2D eigenvalue weighted by Gasteiger charge is 2.27. The first-order valence-electron chi connectivity index (χ1n) is 6.50. The molecular formula is C13H18N2O4S2. The number of hydrogen-bond donors (Lipinski definition) is 2. The van der Waals surface area contributed by atoms with Gasteiger partial charge in [0.05, 0.1) is 7.11 Å². The Hall–Kier alpha value is -1.22. The first-order valence-corrected chi connectivity index (χ1v) is 8.86. The fourth-order valence-corrected chi connectivity index (χ4v) is 4.83. The summed E-state index contributed by atoms with van der Waals surface area (Å²) >= 11 is 1.08. The SMILES string of the molecule is COC(=O)c1scc(C)c1S(=O)(=O)NCC1=CCNCC1. The van der Waals surface area contributed by atoms with Crippen LogP contribution in [0.15, 0.2) is 21.9 Å². The minimum absolute atomic E-state index is 0.0221. The summed E-state index contributed by atoms with van der Waals surface area (Å²) in [5.41, 5.74) is 1.59. The highest BCUT2D eigenvalue weighted by molar-refractivity contribution is 7.89. The average molecular weight is 330 g/mol. The molecule has 0 radical (unpaired) electrons. The molecule has 1 aromatic heterocycles. The molecule has 0 atom stereocenters. The molecule has 1 aliphatic rings. The van der Waals surface area contributed by atoms with Crippen molar-refractivity contribution < 1.29 is 17.9 Å². The molecule has 0 fully saturated rings. The van der Waals surface area contributed by atoms with E-state index in [4.69, 9.17) is 0 Å². The highest BCUT2D eigenvalue weighted by atomic mass is 32.2. The standard InChI is InChI=1S/C13H18N2O4S2/c1-9-8-20-11(13(16)19-2)12(9)21(17,18)15-7-10-3-5-14-6-4-10/h3,8,14-15H,4-7H2,1-2H3. The third kappa shape index (κ3) is 3.70. The van der Waals surface area contributed by atoms with E-state index in [1.165, 1.54) is 7.11 Å². The lowest BCUT2D eigenvalue weighted by Crippen LogP contribution is -2.30. The maximum Gasteiger partial charge on any atom is 0.349 e. The Labute approximate surface area is 128 Å². The number of thiophene rings is 1. The molecule has 0 unspecified atom stereocenters. The van der Waals surface area contributed by atoms with E-state index < -0.39 is 16.0 Å². The van der Waals surface area contributed by atoms with Crippen LogP contribution in [0, 0.1) is 6.92 Å². The summed E-state index contributed by atoms with van der Waals surface area (Å²) in [5.74, 6) is -0.630. The molecule has 0 saturated heterocycles. The largest absolute Gasteiger partial charge is 0.465 e. The van der Waals surface area contributed by atoms with E-state index in [9.17, 15) is 13.2 Å². The first-order chi connectivity index (χ1) is 9.95. The van der Waals surface area contributed by atoms with E-state index >= 15 is 0 Å². The van der Waals surface area contributed by atoms with Gasteiger partial charge in [-0.15, -0.1) is 11.3 Å². The molecule has 0 amide bonds. The van der Waals surface area contributed by atoms with Crippen LogP contribution in [-0.4, -0.2) is 41.1 Å². The number of carbonyl (C=O) groups excluding carboxylic acids is 1. The molecule has 2 heterocycles. The summed E-state index contributed by atoms with van der Waals surface area (Å²) in [4.78, 5) is 11.8. The number of ether oxygens (including phenoxy) is 1. The molecule has 8 heteroatoms. The molecule has 0 aliphatic carbocycles. The van der Waals surface area contributed by atoms with Gasteiger partial charge in [0.15, 0.2) is 0 Å². The van der Waals surface area contributed by atoms with Crippen LogP contribution in [-0.2, 0) is 14.8 Å². The van der Waals surface area contributed by atoms with Crippen molar-refractivity contribution in [2.24, 2.45) is 0 Å². The Morgan fingerprint density at radius 1 is 1.52 bits per heavy atom. The molecular weight excluding hydrogens is 312 g/mol. The maximum absolute atomic E-state index is 12.4. The molecule has 0 spiro atoms. The van der Waals surface area contributed by atoms with E-state index in [1.54, 1.807) is 12.3 Å². The first kappa shape index (κ1) is 16.2. The second-order valence-corrected chi connectivity index (χ2v) is 7.29. The second kappa shape index (κ2) is 6.69. The zero-order valence-electron chi connectivity index (χ0n) is 11.9. The normalized spacial score (nSPS) is 15.6. The average Bonchev–Trinajstić information content (AvgIpc) is 2.88. The molecule has 0 aromatic carbocycles. The summed E-state index contributed by atoms with van der Waals surface area (Å²) < 4.78 is 32.1. The number of rotatable bonds is 5. The molecule has 6 nitrogen and oxygen atoms in total. The van der Waals surface area contributed by atoms with Crippen LogP contribution in [0.1, 0.15) is 21.7 Å². The fourth-order valence-electron chi connectivity index (χ4n) is 2.09. The zero-order chi connectivity index (χ0) is 15.5. The van der Waals surface area contributed by atoms with E-state index in [1.807, 2.05) is 6.08 Å². The summed E-state index contributed by atoms with van der Waals surface area (Å²) in [6.07, 6.45) is 2.79. The lowest BCUT2D eigenvalue weighted by molar-refractivity contribution is 0.0602. The van der Waals surface area contributed by atoms with Crippen LogP contribution >= 0.6 is 11.3 Å². The van der Waals surface area contributed by atoms with Crippen LogP contribution in [0.2, 0.25) is 0 Å². The van der Waals surface area contributed by atoms with Gasteiger partial charge in [-0.3, -0.25) is 0 Å². The lowest BCUT2D eigenvalue weighted by Gasteiger charge is -2.15. The predicted octanol–water partition coefficient (Wildman–Crippen LogP) is 1.04. The Balaban J connectivity index is 2.21. The Morgan fingerprint density at radius 2 is 2.29 bits per heavy atom. The van der Waals surface area contributed by atoms with Crippen LogP contribution in [0.4, 0.5) is 0 Å². The van der Waals surface area contributed by atoms with E-state index in [-0.39, 0.29) is 16.3 Å². The van der Waals surface area contributed by atoms with Crippen molar-refractivity contribution in [3.63, 3.8) is 0 Å². The summed E-state index contributed by atoms with van der Waals surface area (Å²) in [6, 6.07) is 0. The van der Waals surface area contributed by atoms with Crippen LogP contribution < -0.4 is 10.0 Å². The summed E-state index contributed by atoms with van der Waals surface area (Å²) in [7, 11) is -2.50. The van der Waals surface area contributed by atoms with Gasteiger partial charge in [0.2, 0.25) is 10.0 Å². The number of sulfonamides is 1. The number of nitrogens with one attached hydrogen (secondary N) is 2. The number of hydrogen-bond acceptors (Lipinski definition) is 6. The van der Waals surface area contributed by atoms with E-state index in [0.717, 1.165) is 36.4 Å². The third-order valence-electron chi connectivity index (χ3n) is 3.20. The second-order valence-electron chi connectivity index (χ2n) is 4.71. The number of aryl methyl sites for hydroxylation is 1. The van der Waals surface area contributed by atoms with E-state index in [0.29, 0.717) is 5.56 Å². The van der Waals surface area contributed by atoms with Crippen molar-refractivity contribution in [3.8, 4) is 0 Å². The molecule has 1 aromatic rings. The Bertz CT molecular complexity index is 662. The smallest absolute Gasteiger partial charge is 0.349 e. The molecule has 1 aliphatic heterocycles. The Morgan fingerprint density at radius 3 is 2.90 bits per heavy atom. The molecule has 116 valence electrons. The van der Waals surface area contributed by atoms with Crippen molar-refractivity contribution in [2.75, 3.05) is 26.7 Å². The van der Waals surface area contributed by atoms with Gasteiger partial charge < -0.3 is 10.1 Å². The lowest BCUT2D eigenvalue weighted by atomic mass is 10.1. The van der Waals surface area contributed by atoms with Crippen LogP contribution in [0.3, 0.4) is 0 Å². The van der Waals surface area contributed by atoms with Gasteiger partial charge >= 0.3 is 5.97 Å². The fraction of sp³-hybridized carbons (Fsp3) is 0.462. The van der Waals surface area contributed by atoms with Crippen molar-refractivity contribution >= 4 is 27.3 Å². The summed E-state index contributed by atoms with van der Waals surface area (Å²) in [6.45, 7) is 3.53. The number of methoxy groups -OCH3 is 1. The van der Waals surface area contributed by atoms with Gasteiger partial charge in [-0.25, -0.2) is 17.9 Å². The molecule has 2 rings (SSSR count). The van der Waals surface area contributed by atoms with Gasteiger partial charge in [0.25, 0.3) is 0 Å². The van der Waals surface area contributed by atoms with Crippen molar-refractivity contribution in [2.45, 2.75) is 18.2 Å². The number of carbonyl (C=O) groups is 1. The monoisotopic (exact) mass is 330 g/mol. The number of esters is 1. The van der Waals surface area contributed by atoms with E-state index in [2.05, 4.69) is 14.8 Å². The molecule has 21 heavy (non-hydrogen) atoms. The van der Waals surface area contributed by atoms with Crippen molar-refractivity contribution in [3.05, 3.63) is 27.5 Å². The van der Waals surface area contributed by atoms with Gasteiger partial charge in [0, 0.05) is 13.1 Å². The Kier molecular flexibility index (Phi) is 5.15. The highest BCUT2D eigenvalue weighted by Crippen LogP contribution is 2.27. The topological polar surface area (TPSA) is 84.5 Å². The van der Waals surface area contributed by atoms with Gasteiger partial charge in [-0.2, -0.15) is 0 Å². The van der Waals surface area contributed by atoms with Gasteiger partial charge in [0.1, 0.15) is 9.77 Å². The van der Waals surface area contributed by atoms with Crippen LogP contribution in [0.5, 0.6) is 0 Å². The predicted molar refractivity (Wildman–Crippen MR) is 81.2 cm³/mol. The van der Waals surface area contributed by atoms with Crippen molar-refractivity contribution in [1.29, 1.82) is 0 Å². The minimum atomic E-state index is -3.73. The molecule has 2 N–H and O–H groups in total. The molecule has 0 saturated carbocycles. The van der Waals surface area contributed by atoms with Gasteiger partial charge in [-0.05, 0) is 30.8 Å². The van der Waals surface area contributed by atoms with Crippen molar-refractivity contribution in [1.82, 2.24) is 10.0 Å². The van der Waals surface area contributed by atoms with Crippen LogP contribution in [0.25, 0.3) is 0 Å². The third-order valence-corrected chi connectivity index (χ3v) is 6.00.